The van der Waals surface area contributed by atoms with Crippen LogP contribution in [0.5, 0.6) is 0 Å². The third-order valence-corrected chi connectivity index (χ3v) is 7.85. The first-order valence-corrected chi connectivity index (χ1v) is 12.8. The molecule has 0 amide bonds. The molecule has 4 rings (SSSR count). The van der Waals surface area contributed by atoms with E-state index in [2.05, 4.69) is 37.9 Å². The summed E-state index contributed by atoms with van der Waals surface area (Å²) in [5.74, 6) is 0.0564. The van der Waals surface area contributed by atoms with Gasteiger partial charge in [0.1, 0.15) is 5.82 Å². The molecule has 0 radical (unpaired) electrons. The van der Waals surface area contributed by atoms with Crippen molar-refractivity contribution < 1.29 is 9.90 Å². The minimum absolute atomic E-state index is 0.0938. The molecule has 174 valence electrons. The Morgan fingerprint density at radius 3 is 2.70 bits per heavy atom. The maximum atomic E-state index is 13.5. The molecule has 2 aromatic rings. The summed E-state index contributed by atoms with van der Waals surface area (Å²) in [7, 11) is 0. The lowest BCUT2D eigenvalue weighted by molar-refractivity contribution is -0.118. The Bertz CT molecular complexity index is 1140. The summed E-state index contributed by atoms with van der Waals surface area (Å²) in [6.45, 7) is 8.19. The third kappa shape index (κ3) is 4.86. The summed E-state index contributed by atoms with van der Waals surface area (Å²) in [5.41, 5.74) is 10.3. The number of hydrogen-bond acceptors (Lipinski definition) is 8. The van der Waals surface area contributed by atoms with Crippen LogP contribution in [0.25, 0.3) is 0 Å². The third-order valence-electron chi connectivity index (χ3n) is 5.63. The van der Waals surface area contributed by atoms with E-state index in [-0.39, 0.29) is 17.8 Å². The number of nitriles is 1. The molecule has 0 saturated carbocycles. The first-order valence-electron chi connectivity index (χ1n) is 10.8. The SMILES string of the molecule is CCO.CSc1sc(C)cc1C1C(C#N)=C(N)N(c2cccnc2)C2=C1C(=O)CC(C)(C)C2. The van der Waals surface area contributed by atoms with Gasteiger partial charge in [-0.3, -0.25) is 14.7 Å². The summed E-state index contributed by atoms with van der Waals surface area (Å²) in [5, 5.41) is 17.7. The normalized spacial score (nSPS) is 19.6. The van der Waals surface area contributed by atoms with Gasteiger partial charge >= 0.3 is 0 Å². The van der Waals surface area contributed by atoms with E-state index in [1.54, 1.807) is 42.4 Å². The number of carbonyl (C=O) groups excluding carboxylic acids is 1. The molecule has 0 fully saturated rings. The van der Waals surface area contributed by atoms with Crippen molar-refractivity contribution in [3.05, 3.63) is 63.7 Å². The van der Waals surface area contributed by atoms with Crippen molar-refractivity contribution in [1.29, 1.82) is 5.26 Å². The Balaban J connectivity index is 0.000000968. The minimum Gasteiger partial charge on any atom is -0.397 e. The second-order valence-corrected chi connectivity index (χ2v) is 11.1. The number of Topliss-reactive ketones (excluding diaryl/α,β-unsaturated/α-hetero) is 1. The number of aliphatic hydroxyl groups excluding tert-OH is 1. The van der Waals surface area contributed by atoms with Crippen LogP contribution in [0.4, 0.5) is 5.69 Å². The zero-order chi connectivity index (χ0) is 24.3. The minimum atomic E-state index is -0.422. The Morgan fingerprint density at radius 2 is 2.12 bits per heavy atom. The van der Waals surface area contributed by atoms with Gasteiger partial charge in [-0.25, -0.2) is 0 Å². The van der Waals surface area contributed by atoms with E-state index >= 15 is 0 Å². The van der Waals surface area contributed by atoms with Crippen LogP contribution < -0.4 is 10.6 Å². The van der Waals surface area contributed by atoms with Crippen molar-refractivity contribution in [2.75, 3.05) is 17.8 Å². The van der Waals surface area contributed by atoms with Crippen LogP contribution in [-0.2, 0) is 4.79 Å². The lowest BCUT2D eigenvalue weighted by Crippen LogP contribution is -2.42. The number of nitrogens with zero attached hydrogens (tertiary/aromatic N) is 3. The zero-order valence-corrected chi connectivity index (χ0v) is 21.3. The van der Waals surface area contributed by atoms with Gasteiger partial charge in [-0.05, 0) is 55.7 Å². The Kier molecular flexibility index (Phi) is 7.68. The highest BCUT2D eigenvalue weighted by Crippen LogP contribution is 2.52. The van der Waals surface area contributed by atoms with Gasteiger partial charge in [0.25, 0.3) is 0 Å². The molecular formula is C25H30N4O2S2. The maximum Gasteiger partial charge on any atom is 0.162 e. The van der Waals surface area contributed by atoms with Gasteiger partial charge in [0.05, 0.1) is 33.7 Å². The van der Waals surface area contributed by atoms with Crippen LogP contribution in [0, 0.1) is 23.7 Å². The molecule has 3 N–H and O–H groups in total. The molecule has 0 spiro atoms. The second kappa shape index (κ2) is 10.1. The van der Waals surface area contributed by atoms with Crippen LogP contribution in [0.3, 0.4) is 0 Å². The molecule has 8 heteroatoms. The van der Waals surface area contributed by atoms with Crippen LogP contribution in [0.2, 0.25) is 0 Å². The van der Waals surface area contributed by atoms with Gasteiger partial charge in [0, 0.05) is 35.4 Å². The van der Waals surface area contributed by atoms with Crippen LogP contribution >= 0.6 is 23.1 Å². The number of thioether (sulfide) groups is 1. The molecule has 2 aliphatic rings. The van der Waals surface area contributed by atoms with Gasteiger partial charge in [-0.2, -0.15) is 5.26 Å². The van der Waals surface area contributed by atoms with E-state index in [4.69, 9.17) is 10.8 Å². The highest BCUT2D eigenvalue weighted by molar-refractivity contribution is 8.00. The number of hydrogen-bond donors (Lipinski definition) is 2. The average molecular weight is 483 g/mol. The zero-order valence-electron chi connectivity index (χ0n) is 19.7. The van der Waals surface area contributed by atoms with E-state index in [1.807, 2.05) is 23.3 Å². The van der Waals surface area contributed by atoms with Gasteiger partial charge in [-0.15, -0.1) is 23.1 Å². The Morgan fingerprint density at radius 1 is 1.42 bits per heavy atom. The largest absolute Gasteiger partial charge is 0.397 e. The van der Waals surface area contributed by atoms with Crippen molar-refractivity contribution in [2.24, 2.45) is 11.1 Å². The number of anilines is 1. The first kappa shape index (κ1) is 25.0. The van der Waals surface area contributed by atoms with Crippen molar-refractivity contribution in [1.82, 2.24) is 4.98 Å². The Hall–Kier alpha value is -2.60. The first-order chi connectivity index (χ1) is 15.7. The number of carbonyl (C=O) groups is 1. The number of pyridine rings is 1. The van der Waals surface area contributed by atoms with Gasteiger partial charge < -0.3 is 10.8 Å². The number of thiophene rings is 1. The summed E-state index contributed by atoms with van der Waals surface area (Å²) < 4.78 is 1.12. The smallest absolute Gasteiger partial charge is 0.162 e. The molecule has 0 bridgehead atoms. The standard InChI is InChI=1S/C23H24N4OS2.C2H6O/c1-13-8-15(22(29-4)30-13)19-16(11-24)21(25)27(14-6-5-7-26-12-14)17-9-23(2,3)10-18(28)20(17)19;1-2-3/h5-8,12,19H,9-10,25H2,1-4H3;3H,2H2,1H3. The highest BCUT2D eigenvalue weighted by Gasteiger charge is 2.45. The molecule has 33 heavy (non-hydrogen) atoms. The van der Waals surface area contributed by atoms with Gasteiger partial charge in [-0.1, -0.05) is 13.8 Å². The molecule has 6 nitrogen and oxygen atoms in total. The van der Waals surface area contributed by atoms with E-state index in [9.17, 15) is 10.1 Å². The summed E-state index contributed by atoms with van der Waals surface area (Å²) in [6.07, 6.45) is 6.61. The van der Waals surface area contributed by atoms with Gasteiger partial charge in [0.15, 0.2) is 5.78 Å². The second-order valence-electron chi connectivity index (χ2n) is 8.81. The fraction of sp³-hybridized carbons (Fsp3) is 0.400. The molecule has 0 aromatic carbocycles. The molecule has 1 atom stereocenters. The van der Waals surface area contributed by atoms with Crippen LogP contribution in [-0.4, -0.2) is 28.7 Å². The van der Waals surface area contributed by atoms with Crippen molar-refractivity contribution in [2.45, 2.75) is 50.7 Å². The molecule has 2 aromatic heterocycles. The lowest BCUT2D eigenvalue weighted by atomic mass is 9.69. The van der Waals surface area contributed by atoms with E-state index < -0.39 is 5.92 Å². The van der Waals surface area contributed by atoms with Gasteiger partial charge in [0.2, 0.25) is 0 Å². The van der Waals surface area contributed by atoms with E-state index in [0.717, 1.165) is 26.0 Å². The predicted octanol–water partition coefficient (Wildman–Crippen LogP) is 5.11. The topological polar surface area (TPSA) is 103 Å². The average Bonchev–Trinajstić information content (AvgIpc) is 3.13. The number of aryl methyl sites for hydroxylation is 1. The van der Waals surface area contributed by atoms with E-state index in [0.29, 0.717) is 29.8 Å². The monoisotopic (exact) mass is 482 g/mol. The fourth-order valence-corrected chi connectivity index (χ4v) is 6.39. The quantitative estimate of drug-likeness (QED) is 0.586. The molecular weight excluding hydrogens is 452 g/mol. The molecule has 3 heterocycles. The van der Waals surface area contributed by atoms with Crippen LogP contribution in [0.15, 0.2) is 57.5 Å². The highest BCUT2D eigenvalue weighted by atomic mass is 32.2. The maximum absolute atomic E-state index is 13.5. The number of aromatic nitrogens is 1. The molecule has 1 unspecified atom stereocenters. The summed E-state index contributed by atoms with van der Waals surface area (Å²) >= 11 is 3.34. The van der Waals surface area contributed by atoms with E-state index in [1.165, 1.54) is 0 Å². The fourth-order valence-electron chi connectivity index (χ4n) is 4.47. The van der Waals surface area contributed by atoms with Crippen LogP contribution in [0.1, 0.15) is 50.0 Å². The number of ketones is 1. The van der Waals surface area contributed by atoms with Crippen molar-refractivity contribution in [3.8, 4) is 6.07 Å². The summed E-state index contributed by atoms with van der Waals surface area (Å²) in [4.78, 5) is 20.8. The molecule has 0 saturated heterocycles. The number of aliphatic hydroxyl groups is 1. The number of nitrogens with two attached hydrogens (primary N) is 1. The molecule has 1 aliphatic carbocycles. The Labute approximate surface area is 203 Å². The number of allylic oxidation sites excluding steroid dienone is 3. The van der Waals surface area contributed by atoms with Crippen molar-refractivity contribution in [3.63, 3.8) is 0 Å². The van der Waals surface area contributed by atoms with Crippen molar-refractivity contribution >= 4 is 34.6 Å². The number of rotatable bonds is 3. The lowest BCUT2D eigenvalue weighted by Gasteiger charge is -2.43. The molecule has 1 aliphatic heterocycles. The predicted molar refractivity (Wildman–Crippen MR) is 135 cm³/mol. The summed E-state index contributed by atoms with van der Waals surface area (Å²) in [6, 6.07) is 8.19.